The Morgan fingerprint density at radius 1 is 1.53 bits per heavy atom. The van der Waals surface area contributed by atoms with Crippen LogP contribution in [0.4, 0.5) is 0 Å². The lowest BCUT2D eigenvalue weighted by atomic mass is 10.3. The van der Waals surface area contributed by atoms with E-state index in [0.717, 1.165) is 28.0 Å². The average Bonchev–Trinajstić information content (AvgIpc) is 2.55. The SMILES string of the molecule is CCCn1c(=NC(C)=O)sc2cc(Cl)ccc21. The molecule has 0 bridgehead atoms. The number of aromatic nitrogens is 1. The van der Waals surface area contributed by atoms with E-state index in [0.29, 0.717) is 5.02 Å². The van der Waals surface area contributed by atoms with Crippen molar-refractivity contribution in [2.75, 3.05) is 0 Å². The number of thiazole rings is 1. The van der Waals surface area contributed by atoms with Gasteiger partial charge in [0.2, 0.25) is 5.91 Å². The van der Waals surface area contributed by atoms with E-state index in [9.17, 15) is 4.79 Å². The van der Waals surface area contributed by atoms with E-state index in [2.05, 4.69) is 16.5 Å². The van der Waals surface area contributed by atoms with Gasteiger partial charge < -0.3 is 4.57 Å². The molecule has 0 aliphatic carbocycles. The molecule has 0 N–H and O–H groups in total. The predicted octanol–water partition coefficient (Wildman–Crippen LogP) is 3.21. The number of nitrogens with zero attached hydrogens (tertiary/aromatic N) is 2. The van der Waals surface area contributed by atoms with Crippen LogP contribution in [0.1, 0.15) is 20.3 Å². The molecule has 0 atom stereocenters. The Morgan fingerprint density at radius 3 is 2.94 bits per heavy atom. The van der Waals surface area contributed by atoms with Crippen LogP contribution in [0.3, 0.4) is 0 Å². The first-order valence-corrected chi connectivity index (χ1v) is 6.65. The molecule has 1 aromatic carbocycles. The Morgan fingerprint density at radius 2 is 2.29 bits per heavy atom. The first-order valence-electron chi connectivity index (χ1n) is 5.46. The molecule has 0 aliphatic rings. The fraction of sp³-hybridized carbons (Fsp3) is 0.333. The van der Waals surface area contributed by atoms with E-state index in [1.165, 1.54) is 18.3 Å². The molecule has 0 saturated heterocycles. The summed E-state index contributed by atoms with van der Waals surface area (Å²) in [6, 6.07) is 5.75. The first kappa shape index (κ1) is 12.3. The van der Waals surface area contributed by atoms with Gasteiger partial charge in [-0.15, -0.1) is 0 Å². The van der Waals surface area contributed by atoms with Crippen LogP contribution in [-0.4, -0.2) is 10.5 Å². The van der Waals surface area contributed by atoms with Gasteiger partial charge in [-0.3, -0.25) is 4.79 Å². The molecule has 0 aliphatic heterocycles. The van der Waals surface area contributed by atoms with Crippen molar-refractivity contribution in [2.24, 2.45) is 4.99 Å². The van der Waals surface area contributed by atoms with Gasteiger partial charge in [0.25, 0.3) is 0 Å². The zero-order chi connectivity index (χ0) is 12.4. The predicted molar refractivity (Wildman–Crippen MR) is 71.4 cm³/mol. The fourth-order valence-corrected chi connectivity index (χ4v) is 3.08. The average molecular weight is 269 g/mol. The molecule has 0 radical (unpaired) electrons. The zero-order valence-electron chi connectivity index (χ0n) is 9.74. The van der Waals surface area contributed by atoms with Gasteiger partial charge in [0.05, 0.1) is 10.2 Å². The molecule has 3 nitrogen and oxygen atoms in total. The Bertz CT molecular complexity index is 627. The first-order chi connectivity index (χ1) is 8.11. The van der Waals surface area contributed by atoms with Crippen LogP contribution in [0.25, 0.3) is 10.2 Å². The van der Waals surface area contributed by atoms with Crippen molar-refractivity contribution in [1.29, 1.82) is 0 Å². The Kier molecular flexibility index (Phi) is 3.64. The summed E-state index contributed by atoms with van der Waals surface area (Å²) in [5.41, 5.74) is 1.08. The third kappa shape index (κ3) is 2.58. The number of carbonyl (C=O) groups is 1. The molecule has 0 unspecified atom stereocenters. The molecule has 2 aromatic rings. The number of halogens is 1. The monoisotopic (exact) mass is 268 g/mol. The molecular formula is C12H13ClN2OS. The standard InChI is InChI=1S/C12H13ClN2OS/c1-3-6-15-10-5-4-9(13)7-11(10)17-12(15)14-8(2)16/h4-5,7H,3,6H2,1-2H3. The maximum atomic E-state index is 11.1. The highest BCUT2D eigenvalue weighted by molar-refractivity contribution is 7.16. The summed E-state index contributed by atoms with van der Waals surface area (Å²) >= 11 is 7.46. The van der Waals surface area contributed by atoms with E-state index in [1.54, 1.807) is 0 Å². The van der Waals surface area contributed by atoms with E-state index < -0.39 is 0 Å². The smallest absolute Gasteiger partial charge is 0.245 e. The highest BCUT2D eigenvalue weighted by Crippen LogP contribution is 2.22. The summed E-state index contributed by atoms with van der Waals surface area (Å²) in [5.74, 6) is -0.174. The van der Waals surface area contributed by atoms with Crippen molar-refractivity contribution >= 4 is 39.1 Å². The Balaban J connectivity index is 2.74. The maximum Gasteiger partial charge on any atom is 0.245 e. The summed E-state index contributed by atoms with van der Waals surface area (Å²) in [7, 11) is 0. The number of amides is 1. The molecule has 90 valence electrons. The van der Waals surface area contributed by atoms with Gasteiger partial charge in [0.15, 0.2) is 4.80 Å². The molecule has 2 rings (SSSR count). The van der Waals surface area contributed by atoms with Crippen molar-refractivity contribution in [2.45, 2.75) is 26.8 Å². The van der Waals surface area contributed by atoms with Crippen molar-refractivity contribution in [3.8, 4) is 0 Å². The summed E-state index contributed by atoms with van der Waals surface area (Å²) in [4.78, 5) is 15.9. The molecule has 1 heterocycles. The molecule has 0 fully saturated rings. The number of carbonyl (C=O) groups excluding carboxylic acids is 1. The highest BCUT2D eigenvalue weighted by Gasteiger charge is 2.06. The summed E-state index contributed by atoms with van der Waals surface area (Å²) in [6.45, 7) is 4.42. The number of hydrogen-bond acceptors (Lipinski definition) is 2. The van der Waals surface area contributed by atoms with Gasteiger partial charge >= 0.3 is 0 Å². The number of aryl methyl sites for hydroxylation is 1. The summed E-state index contributed by atoms with van der Waals surface area (Å²) < 4.78 is 3.13. The van der Waals surface area contributed by atoms with Crippen molar-refractivity contribution in [1.82, 2.24) is 4.57 Å². The third-order valence-electron chi connectivity index (χ3n) is 2.35. The van der Waals surface area contributed by atoms with Crippen molar-refractivity contribution in [3.05, 3.63) is 28.0 Å². The topological polar surface area (TPSA) is 34.4 Å². The van der Waals surface area contributed by atoms with Crippen LogP contribution in [0.2, 0.25) is 5.02 Å². The number of hydrogen-bond donors (Lipinski definition) is 0. The second-order valence-corrected chi connectivity index (χ2v) is 5.22. The largest absolute Gasteiger partial charge is 0.316 e. The van der Waals surface area contributed by atoms with E-state index >= 15 is 0 Å². The normalized spacial score (nSPS) is 12.3. The quantitative estimate of drug-likeness (QED) is 0.824. The van der Waals surface area contributed by atoms with Crippen LogP contribution in [0, 0.1) is 0 Å². The van der Waals surface area contributed by atoms with Crippen molar-refractivity contribution in [3.63, 3.8) is 0 Å². The molecule has 17 heavy (non-hydrogen) atoms. The number of benzene rings is 1. The van der Waals surface area contributed by atoms with Crippen LogP contribution in [-0.2, 0) is 11.3 Å². The van der Waals surface area contributed by atoms with Gasteiger partial charge in [-0.25, -0.2) is 0 Å². The highest BCUT2D eigenvalue weighted by atomic mass is 35.5. The third-order valence-corrected chi connectivity index (χ3v) is 3.62. The molecule has 1 aromatic heterocycles. The lowest BCUT2D eigenvalue weighted by Crippen LogP contribution is -2.15. The van der Waals surface area contributed by atoms with Gasteiger partial charge in [-0.2, -0.15) is 4.99 Å². The molecular weight excluding hydrogens is 256 g/mol. The van der Waals surface area contributed by atoms with Gasteiger partial charge in [0, 0.05) is 18.5 Å². The second-order valence-electron chi connectivity index (χ2n) is 3.78. The lowest BCUT2D eigenvalue weighted by molar-refractivity contribution is -0.116. The van der Waals surface area contributed by atoms with E-state index in [-0.39, 0.29) is 5.91 Å². The molecule has 1 amide bonds. The zero-order valence-corrected chi connectivity index (χ0v) is 11.3. The van der Waals surface area contributed by atoms with Crippen LogP contribution >= 0.6 is 22.9 Å². The van der Waals surface area contributed by atoms with Gasteiger partial charge in [-0.05, 0) is 24.6 Å². The van der Waals surface area contributed by atoms with Crippen molar-refractivity contribution < 1.29 is 4.79 Å². The molecule has 5 heteroatoms. The minimum atomic E-state index is -0.174. The summed E-state index contributed by atoms with van der Waals surface area (Å²) in [5, 5.41) is 0.705. The van der Waals surface area contributed by atoms with Gasteiger partial charge in [-0.1, -0.05) is 29.9 Å². The van der Waals surface area contributed by atoms with E-state index in [1.807, 2.05) is 18.2 Å². The minimum absolute atomic E-state index is 0.174. The number of fused-ring (bicyclic) bond motifs is 1. The number of rotatable bonds is 2. The molecule has 0 saturated carbocycles. The minimum Gasteiger partial charge on any atom is -0.316 e. The van der Waals surface area contributed by atoms with Crippen LogP contribution < -0.4 is 4.80 Å². The maximum absolute atomic E-state index is 11.1. The second kappa shape index (κ2) is 5.02. The Hall–Kier alpha value is -1.13. The summed E-state index contributed by atoms with van der Waals surface area (Å²) in [6.07, 6.45) is 1.000. The fourth-order valence-electron chi connectivity index (χ4n) is 1.71. The lowest BCUT2D eigenvalue weighted by Gasteiger charge is -2.01. The van der Waals surface area contributed by atoms with Gasteiger partial charge in [0.1, 0.15) is 0 Å². The van der Waals surface area contributed by atoms with E-state index in [4.69, 9.17) is 11.6 Å². The van der Waals surface area contributed by atoms with Crippen LogP contribution in [0.5, 0.6) is 0 Å². The van der Waals surface area contributed by atoms with Crippen LogP contribution in [0.15, 0.2) is 23.2 Å². The molecule has 0 spiro atoms. The Labute approximate surface area is 108 Å².